The largest absolute Gasteiger partial charge is 0.388 e. The fourth-order valence-electron chi connectivity index (χ4n) is 4.90. The van der Waals surface area contributed by atoms with E-state index in [0.717, 1.165) is 0 Å². The van der Waals surface area contributed by atoms with Crippen LogP contribution in [-0.2, 0) is 15.1 Å². The summed E-state index contributed by atoms with van der Waals surface area (Å²) < 4.78 is 54.9. The molecule has 2 fully saturated rings. The number of ether oxygens (including phenoxy) is 2. The Morgan fingerprint density at radius 3 is 2.59 bits per heavy atom. The van der Waals surface area contributed by atoms with Crippen LogP contribution in [0.3, 0.4) is 0 Å². The zero-order chi connectivity index (χ0) is 27.0. The van der Waals surface area contributed by atoms with Crippen LogP contribution in [0, 0.1) is 11.7 Å². The van der Waals surface area contributed by atoms with Crippen LogP contribution >= 0.6 is 11.6 Å². The van der Waals surface area contributed by atoms with Gasteiger partial charge in [-0.15, -0.1) is 0 Å². The van der Waals surface area contributed by atoms with E-state index in [-0.39, 0.29) is 28.2 Å². The first-order chi connectivity index (χ1) is 17.2. The minimum Gasteiger partial charge on any atom is -0.388 e. The highest BCUT2D eigenvalue weighted by molar-refractivity contribution is 6.33. The van der Waals surface area contributed by atoms with E-state index in [4.69, 9.17) is 16.3 Å². The van der Waals surface area contributed by atoms with Crippen LogP contribution in [0.1, 0.15) is 46.5 Å². The van der Waals surface area contributed by atoms with Crippen LogP contribution in [-0.4, -0.2) is 60.4 Å². The maximum absolute atomic E-state index is 15.3. The van der Waals surface area contributed by atoms with Crippen molar-refractivity contribution in [2.45, 2.75) is 76.9 Å². The predicted octanol–water partition coefficient (Wildman–Crippen LogP) is 4.22. The van der Waals surface area contributed by atoms with E-state index in [1.165, 1.54) is 12.3 Å². The number of aromatic nitrogens is 4. The van der Waals surface area contributed by atoms with E-state index in [1.54, 1.807) is 31.4 Å². The van der Waals surface area contributed by atoms with Gasteiger partial charge in [0.05, 0.1) is 28.5 Å². The van der Waals surface area contributed by atoms with E-state index < -0.39 is 48.0 Å². The Balaban J connectivity index is 1.55. The summed E-state index contributed by atoms with van der Waals surface area (Å²) in [5.74, 6) is -1.00. The van der Waals surface area contributed by atoms with Gasteiger partial charge in [-0.1, -0.05) is 18.5 Å². The number of hydrogen-bond acceptors (Lipinski definition) is 8. The second-order valence-corrected chi connectivity index (χ2v) is 10.7. The molecule has 0 aliphatic carbocycles. The van der Waals surface area contributed by atoms with E-state index in [2.05, 4.69) is 25.0 Å². The summed E-state index contributed by atoms with van der Waals surface area (Å²) in [6.07, 6.45) is -7.00. The number of rotatable bonds is 5. The fourth-order valence-corrected chi connectivity index (χ4v) is 5.10. The normalized spacial score (nSPS) is 27.3. The Morgan fingerprint density at radius 1 is 1.24 bits per heavy atom. The smallest absolute Gasteiger partial charge is 0.386 e. The summed E-state index contributed by atoms with van der Waals surface area (Å²) in [7, 11) is 0. The topological polar surface area (TPSA) is 115 Å². The third-order valence-electron chi connectivity index (χ3n) is 6.68. The molecule has 3 N–H and O–H groups in total. The number of halogens is 4. The average molecular weight is 542 g/mol. The molecule has 4 heterocycles. The molecule has 2 saturated heterocycles. The second kappa shape index (κ2) is 8.77. The van der Waals surface area contributed by atoms with Crippen LogP contribution in [0.5, 0.6) is 0 Å². The Kier molecular flexibility index (Phi) is 6.19. The molecule has 0 unspecified atom stereocenters. The zero-order valence-corrected chi connectivity index (χ0v) is 21.5. The first kappa shape index (κ1) is 26.1. The fraction of sp³-hybridized carbons (Fsp3) is 0.542. The van der Waals surface area contributed by atoms with Gasteiger partial charge in [0.25, 0.3) is 0 Å². The lowest BCUT2D eigenvalue weighted by molar-refractivity contribution is -0.236. The SMILES string of the molecule is CC(C)n1c(C(C)(C)O)nc2c(F)cc(-c3nc(N[C@@H]4[C@H](C)[C@@H]5O[C@H]([C@H]4O)C(F)(F)O5)ncc3Cl)cc21. The lowest BCUT2D eigenvalue weighted by atomic mass is 9.91. The van der Waals surface area contributed by atoms with E-state index in [9.17, 15) is 19.0 Å². The second-order valence-electron chi connectivity index (χ2n) is 10.3. The lowest BCUT2D eigenvalue weighted by Gasteiger charge is -2.37. The molecule has 0 spiro atoms. The summed E-state index contributed by atoms with van der Waals surface area (Å²) in [5.41, 5.74) is -0.287. The molecule has 2 aromatic heterocycles. The summed E-state index contributed by atoms with van der Waals surface area (Å²) in [4.78, 5) is 12.9. The van der Waals surface area contributed by atoms with Crippen molar-refractivity contribution in [1.29, 1.82) is 0 Å². The average Bonchev–Trinajstić information content (AvgIpc) is 3.33. The van der Waals surface area contributed by atoms with Crippen molar-refractivity contribution < 1.29 is 32.9 Å². The predicted molar refractivity (Wildman–Crippen MR) is 129 cm³/mol. The molecule has 13 heteroatoms. The number of aliphatic hydroxyl groups excluding tert-OH is 1. The molecule has 2 aliphatic rings. The van der Waals surface area contributed by atoms with E-state index in [0.29, 0.717) is 16.9 Å². The molecule has 0 saturated carbocycles. The first-order valence-corrected chi connectivity index (χ1v) is 12.2. The molecular formula is C24H27ClF3N5O4. The highest BCUT2D eigenvalue weighted by Gasteiger charge is 2.63. The van der Waals surface area contributed by atoms with E-state index >= 15 is 4.39 Å². The van der Waals surface area contributed by atoms with Crippen LogP contribution in [0.15, 0.2) is 18.3 Å². The Bertz CT molecular complexity index is 1360. The van der Waals surface area contributed by atoms with Crippen molar-refractivity contribution >= 4 is 28.6 Å². The van der Waals surface area contributed by atoms with Crippen molar-refractivity contribution in [2.75, 3.05) is 5.32 Å². The van der Waals surface area contributed by atoms with Crippen molar-refractivity contribution in [3.05, 3.63) is 35.0 Å². The Labute approximate surface area is 215 Å². The molecule has 37 heavy (non-hydrogen) atoms. The number of aliphatic hydroxyl groups is 2. The van der Waals surface area contributed by atoms with Crippen LogP contribution < -0.4 is 5.32 Å². The van der Waals surface area contributed by atoms with Gasteiger partial charge in [0, 0.05) is 17.5 Å². The summed E-state index contributed by atoms with van der Waals surface area (Å²) in [6, 6.07) is 1.83. The minimum atomic E-state index is -3.63. The molecule has 9 nitrogen and oxygen atoms in total. The van der Waals surface area contributed by atoms with Crippen LogP contribution in [0.4, 0.5) is 19.1 Å². The van der Waals surface area contributed by atoms with Gasteiger partial charge in [-0.3, -0.25) is 4.74 Å². The summed E-state index contributed by atoms with van der Waals surface area (Å²) in [6.45, 7) is 8.52. The Hall–Kier alpha value is -2.51. The van der Waals surface area contributed by atoms with Gasteiger partial charge in [-0.25, -0.2) is 19.3 Å². The van der Waals surface area contributed by atoms with Gasteiger partial charge in [0.2, 0.25) is 5.95 Å². The number of nitrogens with one attached hydrogen (secondary N) is 1. The molecule has 5 atom stereocenters. The van der Waals surface area contributed by atoms with Crippen LogP contribution in [0.25, 0.3) is 22.3 Å². The van der Waals surface area contributed by atoms with Gasteiger partial charge in [-0.05, 0) is 39.8 Å². The van der Waals surface area contributed by atoms with Gasteiger partial charge in [0.1, 0.15) is 23.0 Å². The highest BCUT2D eigenvalue weighted by Crippen LogP contribution is 2.44. The molecule has 0 amide bonds. The molecular weight excluding hydrogens is 515 g/mol. The molecule has 200 valence electrons. The van der Waals surface area contributed by atoms with E-state index in [1.807, 2.05) is 13.8 Å². The van der Waals surface area contributed by atoms with Crippen molar-refractivity contribution in [3.63, 3.8) is 0 Å². The number of hydrogen-bond donors (Lipinski definition) is 3. The van der Waals surface area contributed by atoms with Gasteiger partial charge < -0.3 is 24.8 Å². The Morgan fingerprint density at radius 2 is 1.95 bits per heavy atom. The molecule has 2 bridgehead atoms. The number of anilines is 1. The molecule has 3 aromatic rings. The molecule has 0 radical (unpaired) electrons. The molecule has 5 rings (SSSR count). The number of fused-ring (bicyclic) bond motifs is 3. The van der Waals surface area contributed by atoms with Gasteiger partial charge in [0.15, 0.2) is 18.2 Å². The number of alkyl halides is 2. The minimum absolute atomic E-state index is 0.00466. The zero-order valence-electron chi connectivity index (χ0n) is 20.7. The van der Waals surface area contributed by atoms with Crippen LogP contribution in [0.2, 0.25) is 5.02 Å². The first-order valence-electron chi connectivity index (χ1n) is 11.8. The van der Waals surface area contributed by atoms with Crippen molar-refractivity contribution in [3.8, 4) is 11.3 Å². The highest BCUT2D eigenvalue weighted by atomic mass is 35.5. The van der Waals surface area contributed by atoms with Crippen molar-refractivity contribution in [1.82, 2.24) is 19.5 Å². The van der Waals surface area contributed by atoms with Crippen molar-refractivity contribution in [2.24, 2.45) is 5.92 Å². The molecule has 1 aromatic carbocycles. The summed E-state index contributed by atoms with van der Waals surface area (Å²) >= 11 is 6.38. The monoisotopic (exact) mass is 541 g/mol. The van der Waals surface area contributed by atoms with Gasteiger partial charge in [-0.2, -0.15) is 8.78 Å². The lowest BCUT2D eigenvalue weighted by Crippen LogP contribution is -2.55. The quantitative estimate of drug-likeness (QED) is 0.440. The summed E-state index contributed by atoms with van der Waals surface area (Å²) in [5, 5.41) is 24.2. The maximum Gasteiger partial charge on any atom is 0.386 e. The number of nitrogens with zero attached hydrogens (tertiary/aromatic N) is 4. The standard InChI is InChI=1S/C24H27ClF3N5O4/c1-9(2)33-14-7-11(6-13(26)17(14)30-21(33)23(4,5)35)16-12(25)8-29-22(32-16)31-15-10(3)20-36-19(18(15)34)24(27,28)37-20/h6-10,15,18-20,34-35H,1-5H3,(H,29,31,32)/t10-,15+,18-,19+,20+/m0/s1. The third-order valence-corrected chi connectivity index (χ3v) is 6.96. The van der Waals surface area contributed by atoms with Gasteiger partial charge >= 0.3 is 6.11 Å². The number of benzene rings is 1. The number of imidazole rings is 1. The molecule has 2 aliphatic heterocycles. The third kappa shape index (κ3) is 4.34. The maximum atomic E-state index is 15.3.